The fourth-order valence-corrected chi connectivity index (χ4v) is 1.54. The van der Waals surface area contributed by atoms with Gasteiger partial charge in [0.1, 0.15) is 5.76 Å². The van der Waals surface area contributed by atoms with Gasteiger partial charge in [-0.1, -0.05) is 0 Å². The molecule has 2 heterocycles. The molecule has 0 saturated heterocycles. The summed E-state index contributed by atoms with van der Waals surface area (Å²) in [6, 6.07) is 2.92. The molecule has 18 heavy (non-hydrogen) atoms. The van der Waals surface area contributed by atoms with Gasteiger partial charge in [-0.2, -0.15) is 0 Å². The second-order valence-electron chi connectivity index (χ2n) is 3.71. The molecule has 0 radical (unpaired) electrons. The van der Waals surface area contributed by atoms with E-state index in [1.54, 1.807) is 13.0 Å². The smallest absolute Gasteiger partial charge is 0.300 e. The van der Waals surface area contributed by atoms with Crippen LogP contribution in [-0.2, 0) is 6.54 Å². The van der Waals surface area contributed by atoms with Gasteiger partial charge in [0, 0.05) is 17.8 Å². The van der Waals surface area contributed by atoms with E-state index in [1.165, 1.54) is 23.2 Å². The Bertz CT molecular complexity index is 629. The van der Waals surface area contributed by atoms with Crippen LogP contribution in [0.2, 0.25) is 0 Å². The summed E-state index contributed by atoms with van der Waals surface area (Å²) in [6.45, 7) is 2.00. The van der Waals surface area contributed by atoms with Crippen molar-refractivity contribution in [1.82, 2.24) is 15.0 Å². The van der Waals surface area contributed by atoms with E-state index in [4.69, 9.17) is 10.3 Å². The van der Waals surface area contributed by atoms with E-state index in [2.05, 4.69) is 4.98 Å². The molecule has 0 atom stereocenters. The van der Waals surface area contributed by atoms with Crippen LogP contribution in [0, 0.1) is 6.92 Å². The van der Waals surface area contributed by atoms with E-state index in [-0.39, 0.29) is 11.3 Å². The van der Waals surface area contributed by atoms with E-state index in [9.17, 15) is 9.59 Å². The van der Waals surface area contributed by atoms with Crippen LogP contribution in [0.25, 0.3) is 0 Å². The quantitative estimate of drug-likeness (QED) is 0.444. The predicted molar refractivity (Wildman–Crippen MR) is 62.7 cm³/mol. The van der Waals surface area contributed by atoms with Gasteiger partial charge in [-0.05, 0) is 13.0 Å². The van der Waals surface area contributed by atoms with Crippen molar-refractivity contribution in [2.24, 2.45) is 5.84 Å². The van der Waals surface area contributed by atoms with Gasteiger partial charge in [0.2, 0.25) is 0 Å². The molecule has 0 aliphatic carbocycles. The molecule has 0 aromatic carbocycles. The molecule has 0 spiro atoms. The minimum Gasteiger partial charge on any atom is -0.456 e. The van der Waals surface area contributed by atoms with Gasteiger partial charge < -0.3 is 4.42 Å². The van der Waals surface area contributed by atoms with Crippen molar-refractivity contribution in [1.29, 1.82) is 0 Å². The summed E-state index contributed by atoms with van der Waals surface area (Å²) < 4.78 is 6.67. The molecule has 2 aromatic heterocycles. The summed E-state index contributed by atoms with van der Waals surface area (Å²) in [5, 5.41) is 0. The SMILES string of the molecule is Cc1oc(C(=O)NN)cc1Cn1cnccc1=O. The number of furan rings is 1. The molecule has 0 fully saturated rings. The van der Waals surface area contributed by atoms with Gasteiger partial charge in [-0.15, -0.1) is 0 Å². The van der Waals surface area contributed by atoms with Crippen LogP contribution < -0.4 is 16.8 Å². The first-order valence-corrected chi connectivity index (χ1v) is 5.22. The molecule has 0 unspecified atom stereocenters. The number of hydrogen-bond acceptors (Lipinski definition) is 5. The van der Waals surface area contributed by atoms with Crippen molar-refractivity contribution in [3.63, 3.8) is 0 Å². The van der Waals surface area contributed by atoms with E-state index in [0.29, 0.717) is 12.3 Å². The molecule has 1 amide bonds. The Hall–Kier alpha value is -2.41. The number of nitrogen functional groups attached to an aromatic ring is 1. The molecule has 94 valence electrons. The lowest BCUT2D eigenvalue weighted by Gasteiger charge is -2.01. The molecule has 0 aliphatic heterocycles. The molecular weight excluding hydrogens is 236 g/mol. The number of hydrogen-bond donors (Lipinski definition) is 2. The highest BCUT2D eigenvalue weighted by Crippen LogP contribution is 2.15. The average molecular weight is 248 g/mol. The Kier molecular flexibility index (Phi) is 3.24. The molecule has 7 nitrogen and oxygen atoms in total. The molecule has 2 rings (SSSR count). The third-order valence-corrected chi connectivity index (χ3v) is 2.51. The molecular formula is C11H12N4O3. The Balaban J connectivity index is 2.30. The number of nitrogens with two attached hydrogens (primary N) is 1. The fourth-order valence-electron chi connectivity index (χ4n) is 1.54. The zero-order valence-electron chi connectivity index (χ0n) is 9.71. The second kappa shape index (κ2) is 4.84. The lowest BCUT2D eigenvalue weighted by molar-refractivity contribution is 0.0924. The predicted octanol–water partition coefficient (Wildman–Crippen LogP) is -0.203. The number of amides is 1. The van der Waals surface area contributed by atoms with Crippen LogP contribution in [0.5, 0.6) is 0 Å². The number of hydrazine groups is 1. The molecule has 0 saturated carbocycles. The molecule has 0 bridgehead atoms. The van der Waals surface area contributed by atoms with Crippen LogP contribution in [0.1, 0.15) is 21.9 Å². The maximum atomic E-state index is 11.5. The van der Waals surface area contributed by atoms with Gasteiger partial charge in [-0.3, -0.25) is 19.6 Å². The number of aryl methyl sites for hydroxylation is 1. The number of carbonyl (C=O) groups is 1. The van der Waals surface area contributed by atoms with Gasteiger partial charge >= 0.3 is 5.91 Å². The number of nitrogens with one attached hydrogen (secondary N) is 1. The van der Waals surface area contributed by atoms with Crippen LogP contribution in [0.4, 0.5) is 0 Å². The van der Waals surface area contributed by atoms with Crippen LogP contribution >= 0.6 is 0 Å². The summed E-state index contributed by atoms with van der Waals surface area (Å²) in [7, 11) is 0. The third-order valence-electron chi connectivity index (χ3n) is 2.51. The van der Waals surface area contributed by atoms with E-state index >= 15 is 0 Å². The summed E-state index contributed by atoms with van der Waals surface area (Å²) >= 11 is 0. The average Bonchev–Trinajstić information content (AvgIpc) is 2.73. The lowest BCUT2D eigenvalue weighted by atomic mass is 10.2. The van der Waals surface area contributed by atoms with Gasteiger partial charge in [0.25, 0.3) is 5.56 Å². The van der Waals surface area contributed by atoms with Crippen LogP contribution in [0.3, 0.4) is 0 Å². The third kappa shape index (κ3) is 2.30. The Morgan fingerprint density at radius 1 is 1.61 bits per heavy atom. The normalized spacial score (nSPS) is 10.3. The topological polar surface area (TPSA) is 103 Å². The summed E-state index contributed by atoms with van der Waals surface area (Å²) in [5.41, 5.74) is 2.54. The summed E-state index contributed by atoms with van der Waals surface area (Å²) in [4.78, 5) is 26.7. The zero-order chi connectivity index (χ0) is 13.1. The highest BCUT2D eigenvalue weighted by molar-refractivity contribution is 5.91. The van der Waals surface area contributed by atoms with Crippen molar-refractivity contribution < 1.29 is 9.21 Å². The number of carbonyl (C=O) groups excluding carboxylic acids is 1. The van der Waals surface area contributed by atoms with E-state index < -0.39 is 5.91 Å². The van der Waals surface area contributed by atoms with Crippen molar-refractivity contribution in [2.45, 2.75) is 13.5 Å². The molecule has 0 aliphatic rings. The Morgan fingerprint density at radius 2 is 2.39 bits per heavy atom. The van der Waals surface area contributed by atoms with Gasteiger partial charge in [0.15, 0.2) is 5.76 Å². The fraction of sp³-hybridized carbons (Fsp3) is 0.182. The molecule has 2 aromatic rings. The van der Waals surface area contributed by atoms with Crippen molar-refractivity contribution >= 4 is 5.91 Å². The van der Waals surface area contributed by atoms with Crippen LogP contribution in [-0.4, -0.2) is 15.5 Å². The maximum Gasteiger partial charge on any atom is 0.300 e. The number of aromatic nitrogens is 2. The standard InChI is InChI=1S/C11H12N4O3/c1-7-8(4-9(18-7)11(17)14-12)5-15-6-13-3-2-10(15)16/h2-4,6H,5,12H2,1H3,(H,14,17). The van der Waals surface area contributed by atoms with E-state index in [1.807, 2.05) is 5.43 Å². The minimum atomic E-state index is -0.511. The second-order valence-corrected chi connectivity index (χ2v) is 3.71. The number of rotatable bonds is 3. The first kappa shape index (κ1) is 12.1. The van der Waals surface area contributed by atoms with Gasteiger partial charge in [0.05, 0.1) is 12.9 Å². The van der Waals surface area contributed by atoms with Crippen molar-refractivity contribution in [3.05, 3.63) is 52.1 Å². The molecule has 7 heteroatoms. The van der Waals surface area contributed by atoms with Crippen molar-refractivity contribution in [3.8, 4) is 0 Å². The first-order chi connectivity index (χ1) is 8.61. The monoisotopic (exact) mass is 248 g/mol. The highest BCUT2D eigenvalue weighted by atomic mass is 16.4. The maximum absolute atomic E-state index is 11.5. The largest absolute Gasteiger partial charge is 0.456 e. The zero-order valence-corrected chi connectivity index (χ0v) is 9.71. The lowest BCUT2D eigenvalue weighted by Crippen LogP contribution is -2.29. The summed E-state index contributed by atoms with van der Waals surface area (Å²) in [5.74, 6) is 5.18. The number of nitrogens with zero attached hydrogens (tertiary/aromatic N) is 2. The first-order valence-electron chi connectivity index (χ1n) is 5.22. The van der Waals surface area contributed by atoms with Gasteiger partial charge in [-0.25, -0.2) is 10.8 Å². The van der Waals surface area contributed by atoms with Crippen molar-refractivity contribution in [2.75, 3.05) is 0 Å². The van der Waals surface area contributed by atoms with Crippen LogP contribution in [0.15, 0.2) is 33.9 Å². The minimum absolute atomic E-state index is 0.113. The summed E-state index contributed by atoms with van der Waals surface area (Å²) in [6.07, 6.45) is 2.85. The Labute approximate surface area is 102 Å². The Morgan fingerprint density at radius 3 is 3.06 bits per heavy atom. The van der Waals surface area contributed by atoms with E-state index in [0.717, 1.165) is 5.56 Å². The highest BCUT2D eigenvalue weighted by Gasteiger charge is 2.13. The molecule has 3 N–H and O–H groups in total.